The van der Waals surface area contributed by atoms with Crippen molar-refractivity contribution in [3.05, 3.63) is 80.3 Å². The van der Waals surface area contributed by atoms with E-state index in [9.17, 15) is 24.6 Å². The number of methoxy groups -OCH3 is 1. The number of ether oxygens (including phenoxy) is 3. The number of thiazole rings is 1. The van der Waals surface area contributed by atoms with Crippen molar-refractivity contribution in [2.45, 2.75) is 32.4 Å². The van der Waals surface area contributed by atoms with Crippen LogP contribution in [0.15, 0.2) is 53.0 Å². The van der Waals surface area contributed by atoms with Gasteiger partial charge in [-0.25, -0.2) is 9.78 Å². The Hall–Kier alpha value is -4.16. The minimum absolute atomic E-state index is 0.0120. The lowest BCUT2D eigenvalue weighted by molar-refractivity contribution is -0.132. The first-order valence-corrected chi connectivity index (χ1v) is 14.1. The number of benzene rings is 2. The number of nitrogens with zero attached hydrogens (tertiary/aromatic N) is 2. The molecule has 1 aromatic heterocycles. The number of aryl methyl sites for hydroxylation is 1. The van der Waals surface area contributed by atoms with Gasteiger partial charge in [0.1, 0.15) is 29.1 Å². The minimum atomic E-state index is -1.17. The molecule has 212 valence electrons. The number of aromatic nitrogens is 1. The molecule has 1 amide bonds. The number of fused-ring (bicyclic) bond motifs is 1. The van der Waals surface area contributed by atoms with E-state index in [1.54, 1.807) is 25.1 Å². The molecule has 3 aromatic rings. The highest BCUT2D eigenvalue weighted by atomic mass is 79.9. The Bertz CT molecular complexity index is 1650. The van der Waals surface area contributed by atoms with Gasteiger partial charge in [-0.15, -0.1) is 0 Å². The van der Waals surface area contributed by atoms with E-state index in [0.717, 1.165) is 21.8 Å². The summed E-state index contributed by atoms with van der Waals surface area (Å²) < 4.78 is 16.5. The Morgan fingerprint density at radius 1 is 1.32 bits per heavy atom. The van der Waals surface area contributed by atoms with E-state index in [0.29, 0.717) is 29.0 Å². The molecule has 1 fully saturated rings. The maximum Gasteiger partial charge on any atom is 0.350 e. The Kier molecular flexibility index (Phi) is 7.62. The van der Waals surface area contributed by atoms with E-state index in [2.05, 4.69) is 27.5 Å². The monoisotopic (exact) mass is 640 g/mol. The van der Waals surface area contributed by atoms with Crippen molar-refractivity contribution in [3.8, 4) is 17.2 Å². The third kappa shape index (κ3) is 4.97. The van der Waals surface area contributed by atoms with Crippen LogP contribution in [0.25, 0.3) is 5.76 Å². The van der Waals surface area contributed by atoms with E-state index >= 15 is 0 Å². The maximum atomic E-state index is 13.6. The topological polar surface area (TPSA) is 135 Å². The van der Waals surface area contributed by atoms with Crippen molar-refractivity contribution in [2.75, 3.05) is 18.6 Å². The fourth-order valence-corrected chi connectivity index (χ4v) is 6.30. The van der Waals surface area contributed by atoms with Gasteiger partial charge in [0.2, 0.25) is 0 Å². The zero-order valence-electron chi connectivity index (χ0n) is 22.3. The molecule has 0 spiro atoms. The molecule has 2 atom stereocenters. The van der Waals surface area contributed by atoms with Crippen molar-refractivity contribution in [3.63, 3.8) is 0 Å². The summed E-state index contributed by atoms with van der Waals surface area (Å²) >= 11 is 4.18. The second-order valence-corrected chi connectivity index (χ2v) is 11.3. The number of carbonyl (C=O) groups excluding carboxylic acids is 3. The number of phenolic OH excluding ortho intramolecular Hbond substituents is 1. The number of halogens is 1. The summed E-state index contributed by atoms with van der Waals surface area (Å²) in [6, 6.07) is 6.87. The first kappa shape index (κ1) is 28.4. The van der Waals surface area contributed by atoms with E-state index in [-0.39, 0.29) is 50.0 Å². The first-order valence-electron chi connectivity index (χ1n) is 12.5. The molecule has 2 N–H and O–H groups in total. The van der Waals surface area contributed by atoms with Gasteiger partial charge in [0.25, 0.3) is 5.78 Å². The molecular formula is C29H25BrN2O8S. The number of amides is 1. The van der Waals surface area contributed by atoms with E-state index in [1.165, 1.54) is 25.3 Å². The van der Waals surface area contributed by atoms with Crippen LogP contribution in [-0.2, 0) is 20.7 Å². The zero-order valence-corrected chi connectivity index (χ0v) is 24.7. The molecule has 2 aliphatic rings. The summed E-state index contributed by atoms with van der Waals surface area (Å²) in [6.07, 6.45) is 2.02. The van der Waals surface area contributed by atoms with Crippen LogP contribution in [0.5, 0.6) is 17.2 Å². The van der Waals surface area contributed by atoms with Gasteiger partial charge in [0.05, 0.1) is 28.9 Å². The number of Topliss-reactive ketones (excluding diaryl/α,β-unsaturated/α-hetero) is 1. The van der Waals surface area contributed by atoms with Crippen molar-refractivity contribution in [1.29, 1.82) is 0 Å². The predicted molar refractivity (Wildman–Crippen MR) is 155 cm³/mol. The Balaban J connectivity index is 1.70. The molecule has 0 aliphatic carbocycles. The van der Waals surface area contributed by atoms with Crippen LogP contribution in [0.4, 0.5) is 5.13 Å². The van der Waals surface area contributed by atoms with Crippen LogP contribution in [-0.4, -0.2) is 52.7 Å². The number of anilines is 1. The van der Waals surface area contributed by atoms with Gasteiger partial charge in [-0.2, -0.15) is 0 Å². The summed E-state index contributed by atoms with van der Waals surface area (Å²) in [6.45, 7) is 7.04. The molecule has 0 unspecified atom stereocenters. The van der Waals surface area contributed by atoms with E-state index in [4.69, 9.17) is 14.2 Å². The van der Waals surface area contributed by atoms with Gasteiger partial charge in [0, 0.05) is 12.0 Å². The number of aromatic hydroxyl groups is 1. The molecule has 0 bridgehead atoms. The normalized spacial score (nSPS) is 19.2. The lowest BCUT2D eigenvalue weighted by Crippen LogP contribution is -2.29. The molecule has 5 rings (SSSR count). The van der Waals surface area contributed by atoms with Crippen LogP contribution in [0, 0.1) is 6.92 Å². The Labute approximate surface area is 247 Å². The molecule has 10 nitrogen and oxygen atoms in total. The third-order valence-electron chi connectivity index (χ3n) is 6.71. The average Bonchev–Trinajstić information content (AvgIpc) is 3.60. The molecule has 1 saturated heterocycles. The SMILES string of the molecule is C=CCOC(=O)c1sc(N2C(=O)C(=O)/C(=C(/O)c3ccc4c(c3)C[C@H](C)O4)[C@H]2c2cc(Br)c(O)c(OC)c2)nc1C. The second kappa shape index (κ2) is 11.0. The summed E-state index contributed by atoms with van der Waals surface area (Å²) in [5.74, 6) is -2.34. The summed E-state index contributed by atoms with van der Waals surface area (Å²) in [4.78, 5) is 45.5. The lowest BCUT2D eigenvalue weighted by atomic mass is 9.94. The molecule has 12 heteroatoms. The van der Waals surface area contributed by atoms with Crippen molar-refractivity contribution in [2.24, 2.45) is 0 Å². The highest BCUT2D eigenvalue weighted by Crippen LogP contribution is 2.47. The highest BCUT2D eigenvalue weighted by molar-refractivity contribution is 9.10. The van der Waals surface area contributed by atoms with Gasteiger partial charge in [-0.05, 0) is 71.2 Å². The lowest BCUT2D eigenvalue weighted by Gasteiger charge is -2.24. The van der Waals surface area contributed by atoms with Crippen LogP contribution in [0.2, 0.25) is 0 Å². The molecule has 3 heterocycles. The number of aliphatic hydroxyl groups is 1. The minimum Gasteiger partial charge on any atom is -0.507 e. The number of phenols is 1. The van der Waals surface area contributed by atoms with Crippen LogP contribution < -0.4 is 14.4 Å². The fraction of sp³-hybridized carbons (Fsp3) is 0.241. The summed E-state index contributed by atoms with van der Waals surface area (Å²) in [7, 11) is 1.36. The first-order chi connectivity index (χ1) is 19.5. The molecule has 41 heavy (non-hydrogen) atoms. The standard InChI is InChI=1S/C29H25BrN2O8S/c1-5-8-39-28(37)26-14(3)31-29(41-26)32-22(17-11-18(30)24(34)20(12-17)38-4)21(25(35)27(32)36)23(33)15-6-7-19-16(10-15)9-13(2)40-19/h5-7,10-13,22,33-34H,1,8-9H2,2-4H3/b23-21+/t13-,22+/m0/s1. The quantitative estimate of drug-likeness (QED) is 0.117. The second-order valence-electron chi connectivity index (χ2n) is 9.48. The Morgan fingerprint density at radius 3 is 2.78 bits per heavy atom. The molecular weight excluding hydrogens is 616 g/mol. The van der Waals surface area contributed by atoms with Gasteiger partial charge in [-0.3, -0.25) is 14.5 Å². The van der Waals surface area contributed by atoms with E-state index in [1.807, 2.05) is 6.92 Å². The van der Waals surface area contributed by atoms with E-state index < -0.39 is 23.7 Å². The third-order valence-corrected chi connectivity index (χ3v) is 8.45. The predicted octanol–water partition coefficient (Wildman–Crippen LogP) is 5.22. The Morgan fingerprint density at radius 2 is 2.07 bits per heavy atom. The number of hydrogen-bond donors (Lipinski definition) is 2. The summed E-state index contributed by atoms with van der Waals surface area (Å²) in [5, 5.41) is 22.0. The molecule has 2 aliphatic heterocycles. The van der Waals surface area contributed by atoms with Gasteiger partial charge >= 0.3 is 11.9 Å². The number of ketones is 1. The van der Waals surface area contributed by atoms with Crippen molar-refractivity contribution >= 4 is 55.8 Å². The van der Waals surface area contributed by atoms with Gasteiger partial charge < -0.3 is 24.4 Å². The van der Waals surface area contributed by atoms with Crippen LogP contribution in [0.1, 0.15) is 45.0 Å². The van der Waals surface area contributed by atoms with Crippen LogP contribution in [0.3, 0.4) is 0 Å². The largest absolute Gasteiger partial charge is 0.507 e. The van der Waals surface area contributed by atoms with Gasteiger partial charge in [0.15, 0.2) is 16.6 Å². The molecule has 0 saturated carbocycles. The molecule has 0 radical (unpaired) electrons. The molecule has 2 aromatic carbocycles. The van der Waals surface area contributed by atoms with Gasteiger partial charge in [-0.1, -0.05) is 24.0 Å². The van der Waals surface area contributed by atoms with Crippen LogP contribution >= 0.6 is 27.3 Å². The average molecular weight is 641 g/mol. The maximum absolute atomic E-state index is 13.6. The fourth-order valence-electron chi connectivity index (χ4n) is 4.85. The smallest absolute Gasteiger partial charge is 0.350 e. The van der Waals surface area contributed by atoms with Crippen molar-refractivity contribution in [1.82, 2.24) is 4.98 Å². The van der Waals surface area contributed by atoms with Crippen molar-refractivity contribution < 1.29 is 38.8 Å². The number of aliphatic hydroxyl groups excluding tert-OH is 1. The highest BCUT2D eigenvalue weighted by Gasteiger charge is 2.49. The zero-order chi connectivity index (χ0) is 29.6. The number of carbonyl (C=O) groups is 3. The number of rotatable bonds is 7. The summed E-state index contributed by atoms with van der Waals surface area (Å²) in [5.41, 5.74) is 1.65. The number of esters is 1. The number of hydrogen-bond acceptors (Lipinski definition) is 10.